The predicted molar refractivity (Wildman–Crippen MR) is 80.2 cm³/mol. The second-order valence-electron chi connectivity index (χ2n) is 4.43. The van der Waals surface area contributed by atoms with E-state index in [1.54, 1.807) is 7.11 Å². The summed E-state index contributed by atoms with van der Waals surface area (Å²) < 4.78 is 10.5. The van der Waals surface area contributed by atoms with E-state index >= 15 is 0 Å². The van der Waals surface area contributed by atoms with Gasteiger partial charge in [0.25, 0.3) is 0 Å². The summed E-state index contributed by atoms with van der Waals surface area (Å²) in [6, 6.07) is 7.29. The molecule has 1 rings (SSSR count). The van der Waals surface area contributed by atoms with Gasteiger partial charge in [-0.05, 0) is 32.4 Å². The molecular weight excluding hydrogens is 256 g/mol. The van der Waals surface area contributed by atoms with Crippen LogP contribution in [0.15, 0.2) is 24.3 Å². The maximum atomic E-state index is 11.9. The highest BCUT2D eigenvalue weighted by molar-refractivity contribution is 5.84. The minimum Gasteiger partial charge on any atom is -0.492 e. The number of carbonyl (C=O) groups is 1. The Kier molecular flexibility index (Phi) is 7.50. The van der Waals surface area contributed by atoms with Crippen molar-refractivity contribution in [2.75, 3.05) is 32.2 Å². The first-order valence-corrected chi connectivity index (χ1v) is 6.94. The van der Waals surface area contributed by atoms with E-state index in [2.05, 4.69) is 10.6 Å². The summed E-state index contributed by atoms with van der Waals surface area (Å²) in [5.74, 6) is 0.724. The monoisotopic (exact) mass is 280 g/mol. The highest BCUT2D eigenvalue weighted by Crippen LogP contribution is 2.24. The summed E-state index contributed by atoms with van der Waals surface area (Å²) in [6.45, 7) is 5.62. The summed E-state index contributed by atoms with van der Waals surface area (Å²) >= 11 is 0. The lowest BCUT2D eigenvalue weighted by Gasteiger charge is -2.17. The van der Waals surface area contributed by atoms with Gasteiger partial charge in [0.2, 0.25) is 5.91 Å². The van der Waals surface area contributed by atoms with E-state index in [0.717, 1.165) is 17.9 Å². The van der Waals surface area contributed by atoms with Crippen molar-refractivity contribution in [2.24, 2.45) is 0 Å². The second kappa shape index (κ2) is 9.20. The molecule has 112 valence electrons. The molecule has 0 aliphatic heterocycles. The number of hydrogen-bond donors (Lipinski definition) is 2. The summed E-state index contributed by atoms with van der Waals surface area (Å²) in [6.07, 6.45) is 0.810. The van der Waals surface area contributed by atoms with Gasteiger partial charge in [0.1, 0.15) is 11.8 Å². The minimum atomic E-state index is -0.320. The van der Waals surface area contributed by atoms with Gasteiger partial charge in [0, 0.05) is 20.3 Å². The molecule has 1 amide bonds. The number of anilines is 1. The Morgan fingerprint density at radius 3 is 2.80 bits per heavy atom. The predicted octanol–water partition coefficient (Wildman–Crippen LogP) is 2.04. The Balaban J connectivity index is 2.48. The van der Waals surface area contributed by atoms with Crippen LogP contribution in [0, 0.1) is 0 Å². The number of para-hydroxylation sites is 2. The van der Waals surface area contributed by atoms with E-state index in [-0.39, 0.29) is 11.9 Å². The molecule has 0 aromatic heterocycles. The van der Waals surface area contributed by atoms with Gasteiger partial charge in [-0.25, -0.2) is 0 Å². The molecule has 0 radical (unpaired) electrons. The van der Waals surface area contributed by atoms with Gasteiger partial charge in [0.15, 0.2) is 0 Å². The van der Waals surface area contributed by atoms with E-state index in [1.165, 1.54) is 0 Å². The zero-order valence-electron chi connectivity index (χ0n) is 12.4. The molecule has 0 aliphatic rings. The van der Waals surface area contributed by atoms with Gasteiger partial charge >= 0.3 is 0 Å². The van der Waals surface area contributed by atoms with Crippen LogP contribution in [0.3, 0.4) is 0 Å². The molecule has 5 heteroatoms. The molecule has 2 N–H and O–H groups in total. The van der Waals surface area contributed by atoms with E-state index in [0.29, 0.717) is 19.8 Å². The minimum absolute atomic E-state index is 0.0348. The molecule has 0 saturated carbocycles. The summed E-state index contributed by atoms with van der Waals surface area (Å²) in [5.41, 5.74) is 0.828. The van der Waals surface area contributed by atoms with Crippen LogP contribution in [0.1, 0.15) is 20.3 Å². The molecule has 0 heterocycles. The van der Waals surface area contributed by atoms with E-state index in [9.17, 15) is 4.79 Å². The molecule has 5 nitrogen and oxygen atoms in total. The SMILES string of the molecule is CCOc1ccccc1NC(C)C(=O)NCCCOC. The van der Waals surface area contributed by atoms with Crippen molar-refractivity contribution in [2.45, 2.75) is 26.3 Å². The fourth-order valence-electron chi connectivity index (χ4n) is 1.75. The number of ether oxygens (including phenoxy) is 2. The normalized spacial score (nSPS) is 11.8. The Hall–Kier alpha value is -1.75. The lowest BCUT2D eigenvalue weighted by atomic mass is 10.2. The molecule has 0 bridgehead atoms. The fourth-order valence-corrected chi connectivity index (χ4v) is 1.75. The number of hydrogen-bond acceptors (Lipinski definition) is 4. The molecule has 0 saturated heterocycles. The molecule has 1 aromatic rings. The average molecular weight is 280 g/mol. The van der Waals surface area contributed by atoms with Crippen molar-refractivity contribution in [3.63, 3.8) is 0 Å². The average Bonchev–Trinajstić information content (AvgIpc) is 2.45. The van der Waals surface area contributed by atoms with Crippen LogP contribution in [0.5, 0.6) is 5.75 Å². The smallest absolute Gasteiger partial charge is 0.242 e. The third-order valence-corrected chi connectivity index (χ3v) is 2.78. The maximum absolute atomic E-state index is 11.9. The topological polar surface area (TPSA) is 59.6 Å². The molecule has 1 atom stereocenters. The lowest BCUT2D eigenvalue weighted by molar-refractivity contribution is -0.121. The highest BCUT2D eigenvalue weighted by Gasteiger charge is 2.13. The number of carbonyl (C=O) groups excluding carboxylic acids is 1. The van der Waals surface area contributed by atoms with Crippen LogP contribution in [-0.4, -0.2) is 38.8 Å². The summed E-state index contributed by atoms with van der Waals surface area (Å²) in [5, 5.41) is 6.03. The summed E-state index contributed by atoms with van der Waals surface area (Å²) in [4.78, 5) is 11.9. The van der Waals surface area contributed by atoms with Gasteiger partial charge in [-0.3, -0.25) is 4.79 Å². The van der Waals surface area contributed by atoms with E-state index < -0.39 is 0 Å². The fraction of sp³-hybridized carbons (Fsp3) is 0.533. The van der Waals surface area contributed by atoms with Crippen LogP contribution in [0.2, 0.25) is 0 Å². The largest absolute Gasteiger partial charge is 0.492 e. The van der Waals surface area contributed by atoms with Crippen LogP contribution in [0.4, 0.5) is 5.69 Å². The zero-order valence-corrected chi connectivity index (χ0v) is 12.4. The second-order valence-corrected chi connectivity index (χ2v) is 4.43. The van der Waals surface area contributed by atoms with Gasteiger partial charge in [-0.2, -0.15) is 0 Å². The Morgan fingerprint density at radius 2 is 2.10 bits per heavy atom. The first kappa shape index (κ1) is 16.3. The van der Waals surface area contributed by atoms with Crippen molar-refractivity contribution in [3.05, 3.63) is 24.3 Å². The number of nitrogens with one attached hydrogen (secondary N) is 2. The van der Waals surface area contributed by atoms with Crippen molar-refractivity contribution in [3.8, 4) is 5.75 Å². The lowest BCUT2D eigenvalue weighted by Crippen LogP contribution is -2.38. The van der Waals surface area contributed by atoms with Gasteiger partial charge in [0.05, 0.1) is 12.3 Å². The molecule has 1 unspecified atom stereocenters. The van der Waals surface area contributed by atoms with Crippen molar-refractivity contribution in [1.29, 1.82) is 0 Å². The summed E-state index contributed by atoms with van der Waals surface area (Å²) in [7, 11) is 1.65. The molecule has 0 fully saturated rings. The number of amides is 1. The molecule has 0 spiro atoms. The highest BCUT2D eigenvalue weighted by atomic mass is 16.5. The van der Waals surface area contributed by atoms with Gasteiger partial charge in [-0.15, -0.1) is 0 Å². The Bertz CT molecular complexity index is 410. The van der Waals surface area contributed by atoms with Gasteiger partial charge in [-0.1, -0.05) is 12.1 Å². The van der Waals surface area contributed by atoms with Gasteiger partial charge < -0.3 is 20.1 Å². The number of methoxy groups -OCH3 is 1. The van der Waals surface area contributed by atoms with E-state index in [1.807, 2.05) is 38.1 Å². The Labute approximate surface area is 120 Å². The standard InChI is InChI=1S/C15H24N2O3/c1-4-20-14-9-6-5-8-13(14)17-12(2)15(18)16-10-7-11-19-3/h5-6,8-9,12,17H,4,7,10-11H2,1-3H3,(H,16,18). The Morgan fingerprint density at radius 1 is 1.35 bits per heavy atom. The first-order chi connectivity index (χ1) is 9.69. The van der Waals surface area contributed by atoms with Crippen molar-refractivity contribution < 1.29 is 14.3 Å². The van der Waals surface area contributed by atoms with Crippen LogP contribution >= 0.6 is 0 Å². The number of benzene rings is 1. The van der Waals surface area contributed by atoms with Crippen molar-refractivity contribution in [1.82, 2.24) is 5.32 Å². The zero-order chi connectivity index (χ0) is 14.8. The third-order valence-electron chi connectivity index (χ3n) is 2.78. The quantitative estimate of drug-likeness (QED) is 0.680. The number of rotatable bonds is 9. The molecule has 1 aromatic carbocycles. The van der Waals surface area contributed by atoms with Crippen LogP contribution in [0.25, 0.3) is 0 Å². The van der Waals surface area contributed by atoms with E-state index in [4.69, 9.17) is 9.47 Å². The molecule has 0 aliphatic carbocycles. The van der Waals surface area contributed by atoms with Crippen LogP contribution < -0.4 is 15.4 Å². The first-order valence-electron chi connectivity index (χ1n) is 6.94. The van der Waals surface area contributed by atoms with Crippen molar-refractivity contribution >= 4 is 11.6 Å². The van der Waals surface area contributed by atoms with Crippen LogP contribution in [-0.2, 0) is 9.53 Å². The molecular formula is C15H24N2O3. The maximum Gasteiger partial charge on any atom is 0.242 e. The third kappa shape index (κ3) is 5.48. The molecule has 20 heavy (non-hydrogen) atoms.